The van der Waals surface area contributed by atoms with Gasteiger partial charge in [-0.1, -0.05) is 10.1 Å². The molecule has 4 aromatic carbocycles. The van der Waals surface area contributed by atoms with Crippen LogP contribution in [0.5, 0.6) is 11.5 Å². The van der Waals surface area contributed by atoms with Gasteiger partial charge in [0, 0.05) is 25.2 Å². The number of carbonyl (C=O) groups is 2. The molecular formula is C26H22N6O16S4. The molecule has 0 aliphatic heterocycles. The lowest BCUT2D eigenvalue weighted by atomic mass is 10.1. The highest BCUT2D eigenvalue weighted by Crippen LogP contribution is 2.51. The van der Waals surface area contributed by atoms with Crippen molar-refractivity contribution in [2.45, 2.75) is 33.4 Å². The number of phenolic OH excluding ortho intramolecular Hbond substituents is 2. The number of phenols is 2. The van der Waals surface area contributed by atoms with E-state index in [1.54, 1.807) is 0 Å². The van der Waals surface area contributed by atoms with Gasteiger partial charge in [-0.2, -0.15) is 16.8 Å². The number of hydrogen-bond donors (Lipinski definition) is 8. The van der Waals surface area contributed by atoms with Crippen molar-refractivity contribution in [1.82, 2.24) is 0 Å². The van der Waals surface area contributed by atoms with Gasteiger partial charge in [-0.25, -0.2) is 10.5 Å². The standard InChI is InChI=1S/C26H22N6O16S4/c1-11(33)27-14-3-5-16(18(9-14)49-47-45-37)29-32-24-21(52(42,43)44)8-13-7-19(50-48-46-38)23(25(35)22(13)26(24)36)31-30-17-6-4-15(28-12(2)34)10-20(17)51(39,40)41/h3-10,35-38H,1-2H3,(H,27,33)(H,28,34)(H,39,40,41)(H,42,43,44)/b31-30+,32-29+. The van der Waals surface area contributed by atoms with Gasteiger partial charge < -0.3 is 20.8 Å². The van der Waals surface area contributed by atoms with Crippen LogP contribution in [0.3, 0.4) is 0 Å². The van der Waals surface area contributed by atoms with Crippen LogP contribution in [-0.2, 0) is 48.6 Å². The number of nitrogens with one attached hydrogen (secondary N) is 2. The van der Waals surface area contributed by atoms with Gasteiger partial charge >= 0.3 is 0 Å². The molecule has 4 aromatic rings. The highest BCUT2D eigenvalue weighted by Gasteiger charge is 2.27. The molecule has 2 amide bonds. The van der Waals surface area contributed by atoms with Gasteiger partial charge in [-0.3, -0.25) is 18.7 Å². The Kier molecular flexibility index (Phi) is 12.8. The number of benzene rings is 4. The van der Waals surface area contributed by atoms with Crippen molar-refractivity contribution in [2.24, 2.45) is 20.5 Å². The maximum atomic E-state index is 12.4. The third-order valence-electron chi connectivity index (χ3n) is 6.19. The Morgan fingerprint density at radius 2 is 1.15 bits per heavy atom. The van der Waals surface area contributed by atoms with Crippen molar-refractivity contribution in [2.75, 3.05) is 10.6 Å². The van der Waals surface area contributed by atoms with Crippen molar-refractivity contribution in [3.8, 4) is 11.5 Å². The molecule has 0 atom stereocenters. The zero-order chi connectivity index (χ0) is 38.4. The summed E-state index contributed by atoms with van der Waals surface area (Å²) in [6.45, 7) is 2.38. The molecular weight excluding hydrogens is 781 g/mol. The molecule has 0 aliphatic rings. The van der Waals surface area contributed by atoms with Crippen molar-refractivity contribution in [1.29, 1.82) is 0 Å². The van der Waals surface area contributed by atoms with Crippen LogP contribution in [0.2, 0.25) is 0 Å². The first-order valence-corrected chi connectivity index (χ1v) is 17.8. The molecule has 0 fully saturated rings. The SMILES string of the molecule is CC(=O)Nc1ccc(/N=N/c2c(S(=O)(=O)O)cc3cc(SOOO)c(/N=N/c4ccc(NC(C)=O)cc4S(=O)(=O)O)c(O)c3c2O)c(SOOO)c1. The van der Waals surface area contributed by atoms with Crippen LogP contribution in [0.15, 0.2) is 88.6 Å². The topological polar surface area (TPSA) is 334 Å². The average Bonchev–Trinajstić information content (AvgIpc) is 3.04. The van der Waals surface area contributed by atoms with E-state index in [1.165, 1.54) is 31.2 Å². The molecule has 0 saturated carbocycles. The number of anilines is 2. The van der Waals surface area contributed by atoms with Crippen molar-refractivity contribution in [3.63, 3.8) is 0 Å². The van der Waals surface area contributed by atoms with E-state index < -0.39 is 75.8 Å². The molecule has 0 unspecified atom stereocenters. The number of amides is 2. The van der Waals surface area contributed by atoms with E-state index in [9.17, 15) is 45.7 Å². The lowest BCUT2D eigenvalue weighted by Gasteiger charge is -2.13. The Bertz CT molecular complexity index is 2340. The number of nitrogens with zero attached hydrogens (tertiary/aromatic N) is 4. The minimum absolute atomic E-state index is 0.0189. The summed E-state index contributed by atoms with van der Waals surface area (Å²) in [4.78, 5) is 20.8. The number of hydrogen-bond acceptors (Lipinski definition) is 20. The first kappa shape index (κ1) is 39.9. The van der Waals surface area contributed by atoms with E-state index in [1.807, 2.05) is 0 Å². The fraction of sp³-hybridized carbons (Fsp3) is 0.0769. The molecule has 4 rings (SSSR count). The van der Waals surface area contributed by atoms with Gasteiger partial charge in [0.05, 0.1) is 39.3 Å². The van der Waals surface area contributed by atoms with E-state index >= 15 is 0 Å². The molecule has 276 valence electrons. The third-order valence-corrected chi connectivity index (χ3v) is 9.20. The molecule has 22 nitrogen and oxygen atoms in total. The van der Waals surface area contributed by atoms with Gasteiger partial charge in [0.1, 0.15) is 32.5 Å². The van der Waals surface area contributed by atoms with Crippen LogP contribution in [0.1, 0.15) is 13.8 Å². The molecule has 0 aromatic heterocycles. The predicted octanol–water partition coefficient (Wildman–Crippen LogP) is 6.35. The lowest BCUT2D eigenvalue weighted by Crippen LogP contribution is -2.07. The summed E-state index contributed by atoms with van der Waals surface area (Å²) in [6, 6.07) is 8.81. The first-order valence-electron chi connectivity index (χ1n) is 13.4. The second-order valence-electron chi connectivity index (χ2n) is 9.77. The summed E-state index contributed by atoms with van der Waals surface area (Å²) in [5, 5.41) is 66.2. The van der Waals surface area contributed by atoms with Crippen molar-refractivity contribution >= 4 is 101 Å². The number of aromatic hydroxyl groups is 2. The van der Waals surface area contributed by atoms with Crippen LogP contribution < -0.4 is 10.6 Å². The summed E-state index contributed by atoms with van der Waals surface area (Å²) in [5.74, 6) is -3.09. The summed E-state index contributed by atoms with van der Waals surface area (Å²) < 4.78 is 77.7. The zero-order valence-electron chi connectivity index (χ0n) is 25.8. The molecule has 26 heteroatoms. The Morgan fingerprint density at radius 1 is 0.654 bits per heavy atom. The summed E-state index contributed by atoms with van der Waals surface area (Å²) in [7, 11) is -10.2. The van der Waals surface area contributed by atoms with Crippen molar-refractivity contribution < 1.29 is 75.0 Å². The van der Waals surface area contributed by atoms with Gasteiger partial charge in [-0.15, -0.1) is 29.1 Å². The smallest absolute Gasteiger partial charge is 0.296 e. The minimum atomic E-state index is -5.20. The van der Waals surface area contributed by atoms with Crippen LogP contribution >= 0.6 is 24.1 Å². The van der Waals surface area contributed by atoms with E-state index in [2.05, 4.69) is 49.8 Å². The Morgan fingerprint density at radius 3 is 1.71 bits per heavy atom. The second kappa shape index (κ2) is 16.7. The third kappa shape index (κ3) is 9.73. The Hall–Kier alpha value is -4.84. The van der Waals surface area contributed by atoms with Crippen LogP contribution in [0.25, 0.3) is 10.8 Å². The monoisotopic (exact) mass is 802 g/mol. The van der Waals surface area contributed by atoms with Gasteiger partial charge in [0.15, 0.2) is 11.5 Å². The molecule has 0 radical (unpaired) electrons. The first-order chi connectivity index (χ1) is 24.4. The Balaban J connectivity index is 1.95. The maximum absolute atomic E-state index is 12.4. The predicted molar refractivity (Wildman–Crippen MR) is 178 cm³/mol. The van der Waals surface area contributed by atoms with Gasteiger partial charge in [-0.05, 0) is 53.9 Å². The van der Waals surface area contributed by atoms with Crippen LogP contribution in [-0.4, -0.2) is 58.5 Å². The van der Waals surface area contributed by atoms with Gasteiger partial charge in [0.25, 0.3) is 20.2 Å². The van der Waals surface area contributed by atoms with Crippen LogP contribution in [0.4, 0.5) is 34.1 Å². The molecule has 0 spiro atoms. The quantitative estimate of drug-likeness (QED) is 0.0226. The fourth-order valence-electron chi connectivity index (χ4n) is 4.25. The Labute approximate surface area is 299 Å². The molecule has 0 heterocycles. The number of fused-ring (bicyclic) bond motifs is 1. The minimum Gasteiger partial charge on any atom is -0.505 e. The summed E-state index contributed by atoms with van der Waals surface area (Å²) in [6.07, 6.45) is 0. The highest BCUT2D eigenvalue weighted by molar-refractivity contribution is 7.95. The molecule has 0 bridgehead atoms. The number of rotatable bonds is 14. The summed E-state index contributed by atoms with van der Waals surface area (Å²) >= 11 is 0.546. The van der Waals surface area contributed by atoms with E-state index in [-0.39, 0.29) is 44.3 Å². The highest BCUT2D eigenvalue weighted by atomic mass is 32.2. The van der Waals surface area contributed by atoms with E-state index in [4.69, 9.17) is 10.5 Å². The molecule has 0 saturated heterocycles. The van der Waals surface area contributed by atoms with E-state index in [0.29, 0.717) is 12.0 Å². The molecule has 0 aliphatic carbocycles. The number of azo groups is 2. The second-order valence-corrected chi connectivity index (χ2v) is 14.0. The number of carbonyl (C=O) groups excluding carboxylic acids is 2. The van der Waals surface area contributed by atoms with Crippen molar-refractivity contribution in [3.05, 3.63) is 48.5 Å². The fourth-order valence-corrected chi connectivity index (χ4v) is 6.53. The average molecular weight is 803 g/mol. The van der Waals surface area contributed by atoms with Crippen LogP contribution in [0, 0.1) is 0 Å². The summed E-state index contributed by atoms with van der Waals surface area (Å²) in [5.41, 5.74) is -1.99. The van der Waals surface area contributed by atoms with Gasteiger partial charge in [0.2, 0.25) is 11.8 Å². The molecule has 52 heavy (non-hydrogen) atoms. The normalized spacial score (nSPS) is 12.2. The molecule has 8 N–H and O–H groups in total. The maximum Gasteiger partial charge on any atom is 0.296 e. The van der Waals surface area contributed by atoms with E-state index in [0.717, 1.165) is 31.2 Å². The lowest BCUT2D eigenvalue weighted by molar-refractivity contribution is -0.432. The zero-order valence-corrected chi connectivity index (χ0v) is 29.1. The largest absolute Gasteiger partial charge is 0.505 e.